The first-order valence-corrected chi connectivity index (χ1v) is 4.22. The van der Waals surface area contributed by atoms with Gasteiger partial charge in [-0.2, -0.15) is 0 Å². The molecule has 56 valence electrons. The molecule has 2 heteroatoms. The summed E-state index contributed by atoms with van der Waals surface area (Å²) in [6.45, 7) is 6.16. The first-order chi connectivity index (χ1) is 4.70. The van der Waals surface area contributed by atoms with E-state index >= 15 is 0 Å². The van der Waals surface area contributed by atoms with E-state index in [1.54, 1.807) is 0 Å². The number of rotatable bonds is 0. The highest BCUT2D eigenvalue weighted by atomic mass is 35.5. The summed E-state index contributed by atoms with van der Waals surface area (Å²) in [6, 6.07) is 0.540. The molecule has 1 saturated carbocycles. The van der Waals surface area contributed by atoms with Crippen molar-refractivity contribution < 1.29 is 0 Å². The predicted octanol–water partition coefficient (Wildman–Crippen LogP) is 1.74. The van der Waals surface area contributed by atoms with E-state index in [1.165, 1.54) is 0 Å². The van der Waals surface area contributed by atoms with Gasteiger partial charge in [0, 0.05) is 17.7 Å². The number of alkyl halides is 1. The summed E-state index contributed by atoms with van der Waals surface area (Å²) >= 11 is 6.01. The van der Waals surface area contributed by atoms with Crippen LogP contribution in [0.15, 0.2) is 12.3 Å². The molecule has 1 aliphatic carbocycles. The number of hydrogen-bond donors (Lipinski definition) is 1. The molecule has 1 nitrogen and oxygen atoms in total. The Morgan fingerprint density at radius 3 is 3.00 bits per heavy atom. The van der Waals surface area contributed by atoms with Gasteiger partial charge in [0.25, 0.3) is 0 Å². The van der Waals surface area contributed by atoms with E-state index in [0.29, 0.717) is 17.3 Å². The topological polar surface area (TPSA) is 12.0 Å². The van der Waals surface area contributed by atoms with E-state index in [-0.39, 0.29) is 0 Å². The minimum atomic E-state index is 0.370. The van der Waals surface area contributed by atoms with Gasteiger partial charge in [-0.15, -0.1) is 11.6 Å². The zero-order valence-electron chi connectivity index (χ0n) is 6.10. The van der Waals surface area contributed by atoms with Crippen molar-refractivity contribution in [3.8, 4) is 0 Å². The second kappa shape index (κ2) is 1.91. The lowest BCUT2D eigenvalue weighted by molar-refractivity contribution is 0.428. The molecule has 4 atom stereocenters. The Morgan fingerprint density at radius 2 is 2.40 bits per heavy atom. The van der Waals surface area contributed by atoms with Crippen LogP contribution in [-0.2, 0) is 0 Å². The summed E-state index contributed by atoms with van der Waals surface area (Å²) < 4.78 is 0. The average Bonchev–Trinajstić information content (AvgIpc) is 2.42. The zero-order valence-corrected chi connectivity index (χ0v) is 6.86. The third kappa shape index (κ3) is 0.766. The highest BCUT2D eigenvalue weighted by Gasteiger charge is 2.54. The van der Waals surface area contributed by atoms with Crippen LogP contribution in [0.1, 0.15) is 13.3 Å². The van der Waals surface area contributed by atoms with E-state index in [9.17, 15) is 0 Å². The quantitative estimate of drug-likeness (QED) is 0.529. The zero-order chi connectivity index (χ0) is 7.30. The molecule has 10 heavy (non-hydrogen) atoms. The Labute approximate surface area is 66.4 Å². The number of fused-ring (bicyclic) bond motifs is 1. The standard InChI is InChI=1S/C8H12ClN/c1-4-3-5(2)10-8-6(4)7(8)9/h4,6-8,10H,2-3H2,1H3. The van der Waals surface area contributed by atoms with Crippen molar-refractivity contribution in [1.29, 1.82) is 0 Å². The minimum Gasteiger partial charge on any atom is -0.384 e. The lowest BCUT2D eigenvalue weighted by atomic mass is 9.97. The van der Waals surface area contributed by atoms with Crippen LogP contribution in [0.3, 0.4) is 0 Å². The maximum Gasteiger partial charge on any atom is 0.0591 e. The fourth-order valence-corrected chi connectivity index (χ4v) is 2.51. The molecule has 0 amide bonds. The van der Waals surface area contributed by atoms with Crippen molar-refractivity contribution in [1.82, 2.24) is 5.32 Å². The van der Waals surface area contributed by atoms with Gasteiger partial charge >= 0.3 is 0 Å². The lowest BCUT2D eigenvalue weighted by Crippen LogP contribution is -2.25. The molecular formula is C8H12ClN. The Hall–Kier alpha value is -0.170. The van der Waals surface area contributed by atoms with Crippen molar-refractivity contribution in [3.63, 3.8) is 0 Å². The van der Waals surface area contributed by atoms with E-state index in [1.807, 2.05) is 0 Å². The summed E-state index contributed by atoms with van der Waals surface area (Å²) in [5.74, 6) is 1.45. The first kappa shape index (κ1) is 6.53. The molecule has 1 saturated heterocycles. The molecule has 0 bridgehead atoms. The molecule has 1 heterocycles. The van der Waals surface area contributed by atoms with E-state index < -0.39 is 0 Å². The van der Waals surface area contributed by atoms with Crippen LogP contribution < -0.4 is 5.32 Å². The van der Waals surface area contributed by atoms with Gasteiger partial charge in [-0.05, 0) is 12.3 Å². The van der Waals surface area contributed by atoms with Crippen LogP contribution >= 0.6 is 11.6 Å². The average molecular weight is 158 g/mol. The smallest absolute Gasteiger partial charge is 0.0591 e. The molecular weight excluding hydrogens is 146 g/mol. The highest BCUT2D eigenvalue weighted by molar-refractivity contribution is 6.23. The molecule has 0 aromatic carbocycles. The Bertz CT molecular complexity index is 168. The molecule has 0 aromatic rings. The predicted molar refractivity (Wildman–Crippen MR) is 43.0 cm³/mol. The fourth-order valence-electron chi connectivity index (χ4n) is 1.96. The van der Waals surface area contributed by atoms with Crippen molar-refractivity contribution >= 4 is 11.6 Å². The summed E-state index contributed by atoms with van der Waals surface area (Å²) in [6.07, 6.45) is 1.10. The van der Waals surface area contributed by atoms with Crippen LogP contribution in [0, 0.1) is 11.8 Å². The second-order valence-corrected chi connectivity index (χ2v) is 3.98. The van der Waals surface area contributed by atoms with Crippen LogP contribution in [0.4, 0.5) is 0 Å². The molecule has 0 aromatic heterocycles. The van der Waals surface area contributed by atoms with E-state index in [2.05, 4.69) is 18.8 Å². The monoisotopic (exact) mass is 157 g/mol. The number of halogens is 1. The van der Waals surface area contributed by atoms with Crippen LogP contribution in [-0.4, -0.2) is 11.4 Å². The maximum absolute atomic E-state index is 6.01. The largest absolute Gasteiger partial charge is 0.384 e. The van der Waals surface area contributed by atoms with E-state index in [0.717, 1.165) is 18.0 Å². The van der Waals surface area contributed by atoms with E-state index in [4.69, 9.17) is 11.6 Å². The van der Waals surface area contributed by atoms with Gasteiger partial charge in [-0.25, -0.2) is 0 Å². The Morgan fingerprint density at radius 1 is 1.70 bits per heavy atom. The van der Waals surface area contributed by atoms with Crippen molar-refractivity contribution in [3.05, 3.63) is 12.3 Å². The summed E-state index contributed by atoms with van der Waals surface area (Å²) in [7, 11) is 0. The van der Waals surface area contributed by atoms with Gasteiger partial charge in [0.2, 0.25) is 0 Å². The lowest BCUT2D eigenvalue weighted by Gasteiger charge is -2.20. The van der Waals surface area contributed by atoms with Crippen molar-refractivity contribution in [2.45, 2.75) is 24.8 Å². The molecule has 2 rings (SSSR count). The number of piperidine rings is 1. The number of allylic oxidation sites excluding steroid dienone is 1. The molecule has 0 radical (unpaired) electrons. The molecule has 2 aliphatic rings. The summed E-state index contributed by atoms with van der Waals surface area (Å²) in [5, 5.41) is 3.68. The highest BCUT2D eigenvalue weighted by Crippen LogP contribution is 2.47. The summed E-state index contributed by atoms with van der Waals surface area (Å²) in [5.41, 5.74) is 1.16. The van der Waals surface area contributed by atoms with Gasteiger partial charge in [-0.1, -0.05) is 13.5 Å². The Kier molecular flexibility index (Phi) is 1.25. The van der Waals surface area contributed by atoms with Crippen molar-refractivity contribution in [2.75, 3.05) is 0 Å². The molecule has 1 N–H and O–H groups in total. The molecule has 1 aliphatic heterocycles. The van der Waals surface area contributed by atoms with Crippen LogP contribution in [0.5, 0.6) is 0 Å². The van der Waals surface area contributed by atoms with Crippen LogP contribution in [0.2, 0.25) is 0 Å². The van der Waals surface area contributed by atoms with Crippen LogP contribution in [0.25, 0.3) is 0 Å². The minimum absolute atomic E-state index is 0.370. The normalized spacial score (nSPS) is 51.6. The van der Waals surface area contributed by atoms with Gasteiger partial charge in [0.05, 0.1) is 5.38 Å². The van der Waals surface area contributed by atoms with Gasteiger partial charge < -0.3 is 5.32 Å². The number of nitrogens with one attached hydrogen (secondary N) is 1. The SMILES string of the molecule is C=C1CC(C)C2C(Cl)C2N1. The third-order valence-corrected chi connectivity index (χ3v) is 3.14. The maximum atomic E-state index is 6.01. The number of hydrogen-bond acceptors (Lipinski definition) is 1. The molecule has 4 unspecified atom stereocenters. The Balaban J connectivity index is 2.09. The van der Waals surface area contributed by atoms with Crippen molar-refractivity contribution in [2.24, 2.45) is 11.8 Å². The first-order valence-electron chi connectivity index (χ1n) is 3.78. The molecule has 0 spiro atoms. The molecule has 2 fully saturated rings. The summed E-state index contributed by atoms with van der Waals surface area (Å²) in [4.78, 5) is 0. The second-order valence-electron chi connectivity index (χ2n) is 3.48. The fraction of sp³-hybridized carbons (Fsp3) is 0.750. The van der Waals surface area contributed by atoms with Gasteiger partial charge in [0.1, 0.15) is 0 Å². The van der Waals surface area contributed by atoms with Gasteiger partial charge in [0.15, 0.2) is 0 Å². The van der Waals surface area contributed by atoms with Gasteiger partial charge in [-0.3, -0.25) is 0 Å². The third-order valence-electron chi connectivity index (χ3n) is 2.58.